The Bertz CT molecular complexity index is 3440. The van der Waals surface area contributed by atoms with Gasteiger partial charge >= 0.3 is 0 Å². The highest BCUT2D eigenvalue weighted by Crippen LogP contribution is 2.61. The van der Waals surface area contributed by atoms with E-state index in [1.807, 2.05) is 18.3 Å². The van der Waals surface area contributed by atoms with Gasteiger partial charge in [-0.3, -0.25) is 4.57 Å². The Morgan fingerprint density at radius 1 is 0.530 bits per heavy atom. The first-order chi connectivity index (χ1) is 31.7. The van der Waals surface area contributed by atoms with E-state index in [0.717, 1.165) is 74.0 Å². The molecule has 3 aliphatic rings. The summed E-state index contributed by atoms with van der Waals surface area (Å²) in [4.78, 5) is 12.1. The maximum absolute atomic E-state index is 6.82. The van der Waals surface area contributed by atoms with E-state index >= 15 is 0 Å². The average Bonchev–Trinajstić information content (AvgIpc) is 3.85. The summed E-state index contributed by atoms with van der Waals surface area (Å²) in [5.41, 5.74) is 14.7. The van der Waals surface area contributed by atoms with Crippen molar-refractivity contribution in [2.45, 2.75) is 71.6 Å². The fraction of sp³-hybridized carbons (Fsp3) is 0.203. The van der Waals surface area contributed by atoms with Crippen molar-refractivity contribution in [3.05, 3.63) is 186 Å². The minimum atomic E-state index is -0.271. The van der Waals surface area contributed by atoms with Crippen molar-refractivity contribution in [2.75, 3.05) is 21.4 Å². The second kappa shape index (κ2) is 14.2. The van der Waals surface area contributed by atoms with Crippen LogP contribution in [0.2, 0.25) is 0 Å². The molecule has 5 heterocycles. The van der Waals surface area contributed by atoms with Crippen LogP contribution in [0.3, 0.4) is 0 Å². The van der Waals surface area contributed by atoms with Crippen LogP contribution >= 0.6 is 0 Å². The lowest BCUT2D eigenvalue weighted by atomic mass is 9.73. The standard InChI is InChI=1S/C59H53N5O2/c1-57(2,3)37-24-27-47-44(30-37)43-26-25-42(35-52(43)63(47)55-31-38(28-29-60-55)58(4,5)6)65-41-17-15-16-39(32-41)61-36-62(50-21-12-11-20-49(50)61)40-33-46-56-54(34-40)66-53-23-14-13-22-51(53)64(56)48-19-10-9-18-45(48)59(46,7)8/h9-35H,36H2,1-8H3. The normalized spacial score (nSPS) is 14.8. The van der Waals surface area contributed by atoms with Gasteiger partial charge < -0.3 is 24.2 Å². The third-order valence-corrected chi connectivity index (χ3v) is 14.0. The van der Waals surface area contributed by atoms with Crippen molar-refractivity contribution in [2.24, 2.45) is 0 Å². The zero-order valence-corrected chi connectivity index (χ0v) is 38.8. The molecule has 0 saturated heterocycles. The fourth-order valence-corrected chi connectivity index (χ4v) is 10.4. The van der Waals surface area contributed by atoms with Gasteiger partial charge in [0.2, 0.25) is 0 Å². The molecule has 0 saturated carbocycles. The predicted molar refractivity (Wildman–Crippen MR) is 271 cm³/mol. The highest BCUT2D eigenvalue weighted by Gasteiger charge is 2.43. The number of nitrogens with zero attached hydrogens (tertiary/aromatic N) is 5. The molecule has 326 valence electrons. The first kappa shape index (κ1) is 40.0. The molecular weight excluding hydrogens is 811 g/mol. The van der Waals surface area contributed by atoms with Crippen LogP contribution in [0.15, 0.2) is 164 Å². The molecule has 2 aromatic heterocycles. The van der Waals surface area contributed by atoms with E-state index in [9.17, 15) is 0 Å². The zero-order valence-electron chi connectivity index (χ0n) is 38.8. The molecule has 12 rings (SSSR count). The molecule has 0 unspecified atom stereocenters. The van der Waals surface area contributed by atoms with Gasteiger partial charge in [0, 0.05) is 52.0 Å². The summed E-state index contributed by atoms with van der Waals surface area (Å²) in [5, 5.41) is 2.37. The maximum Gasteiger partial charge on any atom is 0.153 e. The highest BCUT2D eigenvalue weighted by molar-refractivity contribution is 6.10. The molecule has 0 atom stereocenters. The Morgan fingerprint density at radius 3 is 1.98 bits per heavy atom. The number of anilines is 7. The number of hydrogen-bond acceptors (Lipinski definition) is 6. The molecule has 7 nitrogen and oxygen atoms in total. The molecule has 0 radical (unpaired) electrons. The molecule has 9 aromatic rings. The van der Waals surface area contributed by atoms with Crippen molar-refractivity contribution in [1.82, 2.24) is 9.55 Å². The summed E-state index contributed by atoms with van der Waals surface area (Å²) < 4.78 is 15.9. The molecular formula is C59H53N5O2. The lowest BCUT2D eigenvalue weighted by Crippen LogP contribution is -2.33. The van der Waals surface area contributed by atoms with Crippen molar-refractivity contribution in [3.8, 4) is 28.8 Å². The van der Waals surface area contributed by atoms with Crippen LogP contribution in [0.4, 0.5) is 39.8 Å². The number of rotatable bonds is 5. The second-order valence-corrected chi connectivity index (χ2v) is 20.6. The van der Waals surface area contributed by atoms with Crippen molar-refractivity contribution >= 4 is 61.6 Å². The van der Waals surface area contributed by atoms with Crippen LogP contribution in [-0.4, -0.2) is 16.2 Å². The molecule has 66 heavy (non-hydrogen) atoms. The fourth-order valence-electron chi connectivity index (χ4n) is 10.4. The third-order valence-electron chi connectivity index (χ3n) is 14.0. The summed E-state index contributed by atoms with van der Waals surface area (Å²) in [6.07, 6.45) is 1.93. The first-order valence-corrected chi connectivity index (χ1v) is 23.1. The van der Waals surface area contributed by atoms with Gasteiger partial charge in [-0.2, -0.15) is 0 Å². The Labute approximate surface area is 387 Å². The SMILES string of the molecule is CC(C)(C)c1ccnc(-n2c3ccc(C(C)(C)C)cc3c3ccc(Oc4cccc(N5CN(c6cc7c8c(c6)C(C)(C)c6ccccc6N8c6ccccc6O7)c6ccccc65)c4)cc32)c1. The predicted octanol–water partition coefficient (Wildman–Crippen LogP) is 16.0. The molecule has 0 spiro atoms. The van der Waals surface area contributed by atoms with Crippen LogP contribution in [0.25, 0.3) is 27.6 Å². The molecule has 3 aliphatic heterocycles. The highest BCUT2D eigenvalue weighted by atomic mass is 16.5. The van der Waals surface area contributed by atoms with Crippen LogP contribution in [0.1, 0.15) is 77.6 Å². The Morgan fingerprint density at radius 2 is 1.21 bits per heavy atom. The average molecular weight is 864 g/mol. The Kier molecular flexibility index (Phi) is 8.64. The molecule has 0 bridgehead atoms. The van der Waals surface area contributed by atoms with Crippen LogP contribution in [0.5, 0.6) is 23.0 Å². The summed E-state index contributed by atoms with van der Waals surface area (Å²) >= 11 is 0. The third kappa shape index (κ3) is 6.20. The van der Waals surface area contributed by atoms with Gasteiger partial charge in [-0.1, -0.05) is 110 Å². The van der Waals surface area contributed by atoms with Gasteiger partial charge in [-0.05, 0) is 118 Å². The number of pyridine rings is 1. The number of fused-ring (bicyclic) bond motifs is 8. The molecule has 7 aromatic carbocycles. The minimum Gasteiger partial charge on any atom is -0.457 e. The Balaban J connectivity index is 0.914. The van der Waals surface area contributed by atoms with Gasteiger partial charge in [0.25, 0.3) is 0 Å². The molecule has 0 amide bonds. The second-order valence-electron chi connectivity index (χ2n) is 20.6. The van der Waals surface area contributed by atoms with Gasteiger partial charge in [0.15, 0.2) is 11.5 Å². The van der Waals surface area contributed by atoms with E-state index in [4.69, 9.17) is 14.5 Å². The lowest BCUT2D eigenvalue weighted by Gasteiger charge is -2.45. The number of hydrogen-bond donors (Lipinski definition) is 0. The monoisotopic (exact) mass is 863 g/mol. The van der Waals surface area contributed by atoms with E-state index in [2.05, 4.69) is 220 Å². The largest absolute Gasteiger partial charge is 0.457 e. The minimum absolute atomic E-state index is 0.0115. The number of aromatic nitrogens is 2. The number of benzene rings is 7. The lowest BCUT2D eigenvalue weighted by molar-refractivity contribution is 0.471. The van der Waals surface area contributed by atoms with Gasteiger partial charge in [0.05, 0.1) is 39.5 Å². The molecule has 0 aliphatic carbocycles. The summed E-state index contributed by atoms with van der Waals surface area (Å²) in [5.74, 6) is 4.13. The van der Waals surface area contributed by atoms with E-state index in [1.54, 1.807) is 0 Å². The van der Waals surface area contributed by atoms with E-state index in [1.165, 1.54) is 38.7 Å². The molecule has 0 N–H and O–H groups in total. The molecule has 0 fully saturated rings. The van der Waals surface area contributed by atoms with Crippen molar-refractivity contribution < 1.29 is 9.47 Å². The van der Waals surface area contributed by atoms with E-state index in [0.29, 0.717) is 6.67 Å². The van der Waals surface area contributed by atoms with Crippen molar-refractivity contribution in [1.29, 1.82) is 0 Å². The van der Waals surface area contributed by atoms with E-state index in [-0.39, 0.29) is 16.2 Å². The smallest absolute Gasteiger partial charge is 0.153 e. The van der Waals surface area contributed by atoms with Crippen LogP contribution < -0.4 is 24.2 Å². The summed E-state index contributed by atoms with van der Waals surface area (Å²) in [6.45, 7) is 18.8. The number of ether oxygens (including phenoxy) is 2. The van der Waals surface area contributed by atoms with Gasteiger partial charge in [-0.25, -0.2) is 4.98 Å². The van der Waals surface area contributed by atoms with Crippen LogP contribution in [-0.2, 0) is 16.2 Å². The van der Waals surface area contributed by atoms with Gasteiger partial charge in [-0.15, -0.1) is 0 Å². The quantitative estimate of drug-likeness (QED) is 0.172. The first-order valence-electron chi connectivity index (χ1n) is 23.1. The van der Waals surface area contributed by atoms with Crippen LogP contribution in [0, 0.1) is 0 Å². The Hall–Kier alpha value is -7.51. The van der Waals surface area contributed by atoms with Crippen molar-refractivity contribution in [3.63, 3.8) is 0 Å². The number of para-hydroxylation sites is 5. The van der Waals surface area contributed by atoms with E-state index < -0.39 is 0 Å². The topological polar surface area (TPSA) is 46.0 Å². The summed E-state index contributed by atoms with van der Waals surface area (Å²) in [7, 11) is 0. The van der Waals surface area contributed by atoms with Gasteiger partial charge in [0.1, 0.15) is 24.0 Å². The molecule has 7 heteroatoms. The summed E-state index contributed by atoms with van der Waals surface area (Å²) in [6, 6.07) is 56.6. The zero-order chi connectivity index (χ0) is 45.3. The maximum atomic E-state index is 6.82.